The molecular formula is C29H42F3N5O4. The van der Waals surface area contributed by atoms with Crippen LogP contribution >= 0.6 is 0 Å². The zero-order valence-corrected chi connectivity index (χ0v) is 25.5. The first-order valence-corrected chi connectivity index (χ1v) is 13.2. The molecule has 2 aromatic rings. The molecule has 41 heavy (non-hydrogen) atoms. The average molecular weight is 582 g/mol. The first kappa shape index (κ1) is 33.5. The third-order valence-corrected chi connectivity index (χ3v) is 5.77. The molecule has 0 bridgehead atoms. The summed E-state index contributed by atoms with van der Waals surface area (Å²) in [6, 6.07) is 6.32. The fraction of sp³-hybridized carbons (Fsp3) is 0.552. The highest BCUT2D eigenvalue weighted by Gasteiger charge is 2.45. The van der Waals surface area contributed by atoms with Gasteiger partial charge in [-0.05, 0) is 52.3 Å². The first-order chi connectivity index (χ1) is 18.7. The lowest BCUT2D eigenvalue weighted by atomic mass is 9.81. The van der Waals surface area contributed by atoms with Crippen molar-refractivity contribution in [1.29, 1.82) is 0 Å². The average Bonchev–Trinajstić information content (AvgIpc) is 3.20. The maximum atomic E-state index is 14.9. The number of amides is 2. The van der Waals surface area contributed by atoms with Gasteiger partial charge in [0.05, 0.1) is 19.2 Å². The van der Waals surface area contributed by atoms with Gasteiger partial charge < -0.3 is 25.0 Å². The lowest BCUT2D eigenvalue weighted by Gasteiger charge is -2.29. The van der Waals surface area contributed by atoms with E-state index in [1.54, 1.807) is 91.7 Å². The van der Waals surface area contributed by atoms with E-state index in [2.05, 4.69) is 15.7 Å². The van der Waals surface area contributed by atoms with E-state index in [0.717, 1.165) is 4.68 Å². The molecule has 1 aromatic heterocycles. The van der Waals surface area contributed by atoms with Crippen LogP contribution < -0.4 is 15.4 Å². The number of carbonyl (C=O) groups is 2. The van der Waals surface area contributed by atoms with Gasteiger partial charge in [-0.25, -0.2) is 4.79 Å². The van der Waals surface area contributed by atoms with E-state index in [1.165, 1.54) is 13.3 Å². The quantitative estimate of drug-likeness (QED) is 0.375. The number of nitrogens with zero attached hydrogens (tertiary/aromatic N) is 3. The number of carbonyl (C=O) groups excluding carboxylic acids is 2. The minimum atomic E-state index is -4.84. The van der Waals surface area contributed by atoms with Gasteiger partial charge in [-0.1, -0.05) is 26.0 Å². The summed E-state index contributed by atoms with van der Waals surface area (Å²) in [6.07, 6.45) is -4.17. The summed E-state index contributed by atoms with van der Waals surface area (Å²) >= 11 is 0. The second-order valence-corrected chi connectivity index (χ2v) is 11.9. The lowest BCUT2D eigenvalue weighted by molar-refractivity contribution is -0.145. The van der Waals surface area contributed by atoms with Crippen LogP contribution in [0.4, 0.5) is 18.0 Å². The zero-order valence-electron chi connectivity index (χ0n) is 25.5. The van der Waals surface area contributed by atoms with E-state index in [4.69, 9.17) is 9.47 Å². The van der Waals surface area contributed by atoms with Crippen molar-refractivity contribution in [2.75, 3.05) is 27.7 Å². The van der Waals surface area contributed by atoms with E-state index in [-0.39, 0.29) is 36.0 Å². The van der Waals surface area contributed by atoms with Gasteiger partial charge in [0.15, 0.2) is 0 Å². The van der Waals surface area contributed by atoms with E-state index in [1.807, 2.05) is 0 Å². The van der Waals surface area contributed by atoms with Crippen molar-refractivity contribution < 1.29 is 32.2 Å². The van der Waals surface area contributed by atoms with Crippen LogP contribution in [0.25, 0.3) is 5.57 Å². The maximum Gasteiger partial charge on any atom is 0.433 e. The van der Waals surface area contributed by atoms with Gasteiger partial charge in [-0.2, -0.15) is 18.3 Å². The Kier molecular flexibility index (Phi) is 10.5. The second kappa shape index (κ2) is 12.9. The number of halogens is 3. The van der Waals surface area contributed by atoms with Crippen molar-refractivity contribution in [2.24, 2.45) is 0 Å². The van der Waals surface area contributed by atoms with Gasteiger partial charge >= 0.3 is 12.3 Å². The van der Waals surface area contributed by atoms with Crippen LogP contribution in [0.5, 0.6) is 5.75 Å². The standard InChI is InChI=1S/C29H42F3N5O4/c1-18(2)34-25(38)21(16-36(8)9)23-22(28(6,7)17-33-26(39)41-27(3,4)5)24(29(30,31)32)37(35-23)15-19-11-13-20(40-10)14-12-19/h11-14,16,18H,15,17H2,1-10H3,(H,33,39)(H,34,38)/b21-16-. The summed E-state index contributed by atoms with van der Waals surface area (Å²) in [5.74, 6) is -0.0174. The highest BCUT2D eigenvalue weighted by Crippen LogP contribution is 2.42. The minimum absolute atomic E-state index is 0.0389. The highest BCUT2D eigenvalue weighted by atomic mass is 19.4. The van der Waals surface area contributed by atoms with Crippen molar-refractivity contribution >= 4 is 17.6 Å². The zero-order chi connectivity index (χ0) is 31.3. The summed E-state index contributed by atoms with van der Waals surface area (Å²) < 4.78 is 56.1. The topological polar surface area (TPSA) is 97.7 Å². The number of alkyl halides is 3. The number of alkyl carbamates (subject to hydrolysis) is 1. The molecule has 0 unspecified atom stereocenters. The fourth-order valence-electron chi connectivity index (χ4n) is 4.12. The van der Waals surface area contributed by atoms with Crippen LogP contribution in [0.1, 0.15) is 71.0 Å². The van der Waals surface area contributed by atoms with Gasteiger partial charge in [0.25, 0.3) is 5.91 Å². The molecule has 0 fully saturated rings. The summed E-state index contributed by atoms with van der Waals surface area (Å²) in [6.45, 7) is 11.3. The highest BCUT2D eigenvalue weighted by molar-refractivity contribution is 6.19. The smallest absolute Gasteiger partial charge is 0.433 e. The number of hydrogen-bond donors (Lipinski definition) is 2. The van der Waals surface area contributed by atoms with Gasteiger partial charge in [0.2, 0.25) is 0 Å². The number of hydrogen-bond acceptors (Lipinski definition) is 6. The van der Waals surface area contributed by atoms with E-state index >= 15 is 0 Å². The molecule has 0 aliphatic rings. The number of methoxy groups -OCH3 is 1. The third kappa shape index (κ3) is 9.43. The number of ether oxygens (including phenoxy) is 2. The number of nitrogens with one attached hydrogen (secondary N) is 2. The van der Waals surface area contributed by atoms with E-state index in [0.29, 0.717) is 11.3 Å². The third-order valence-electron chi connectivity index (χ3n) is 5.77. The predicted molar refractivity (Wildman–Crippen MR) is 152 cm³/mol. The molecule has 2 rings (SSSR count). The lowest BCUT2D eigenvalue weighted by Crippen LogP contribution is -2.41. The van der Waals surface area contributed by atoms with Gasteiger partial charge in [-0.3, -0.25) is 9.48 Å². The molecule has 0 radical (unpaired) electrons. The van der Waals surface area contributed by atoms with Crippen LogP contribution in [-0.2, 0) is 27.7 Å². The van der Waals surface area contributed by atoms with Crippen LogP contribution in [-0.4, -0.2) is 66.1 Å². The Labute approximate surface area is 240 Å². The van der Waals surface area contributed by atoms with Crippen LogP contribution in [0.15, 0.2) is 30.5 Å². The summed E-state index contributed by atoms with van der Waals surface area (Å²) in [7, 11) is 4.82. The van der Waals surface area contributed by atoms with Crippen molar-refractivity contribution in [3.05, 3.63) is 53.0 Å². The van der Waals surface area contributed by atoms with Gasteiger partial charge in [-0.15, -0.1) is 0 Å². The molecule has 0 saturated heterocycles. The molecule has 0 atom stereocenters. The molecule has 12 heteroatoms. The van der Waals surface area contributed by atoms with Crippen molar-refractivity contribution in [2.45, 2.75) is 78.2 Å². The minimum Gasteiger partial charge on any atom is -0.497 e. The van der Waals surface area contributed by atoms with E-state index in [9.17, 15) is 22.8 Å². The maximum absolute atomic E-state index is 14.9. The monoisotopic (exact) mass is 581 g/mol. The molecule has 0 aliphatic carbocycles. The van der Waals surface area contributed by atoms with Crippen LogP contribution in [0, 0.1) is 0 Å². The van der Waals surface area contributed by atoms with Crippen molar-refractivity contribution in [3.63, 3.8) is 0 Å². The van der Waals surface area contributed by atoms with Gasteiger partial charge in [0, 0.05) is 43.9 Å². The van der Waals surface area contributed by atoms with Crippen LogP contribution in [0.3, 0.4) is 0 Å². The summed E-state index contributed by atoms with van der Waals surface area (Å²) in [5.41, 5.74) is -2.99. The Morgan fingerprint density at radius 1 is 1.07 bits per heavy atom. The normalized spacial score (nSPS) is 12.8. The Bertz CT molecular complexity index is 1240. The van der Waals surface area contributed by atoms with Crippen LogP contribution in [0.2, 0.25) is 0 Å². The SMILES string of the molecule is COc1ccc(Cn2nc(/C(=C/N(C)C)C(=O)NC(C)C)c(C(C)(C)CNC(=O)OC(C)(C)C)c2C(F)(F)F)cc1. The molecule has 2 amide bonds. The summed E-state index contributed by atoms with van der Waals surface area (Å²) in [4.78, 5) is 27.4. The Hall–Kier alpha value is -3.70. The van der Waals surface area contributed by atoms with Crippen molar-refractivity contribution in [1.82, 2.24) is 25.3 Å². The molecule has 9 nitrogen and oxygen atoms in total. The Morgan fingerprint density at radius 2 is 1.66 bits per heavy atom. The molecule has 0 spiro atoms. The Morgan fingerprint density at radius 3 is 2.12 bits per heavy atom. The molecule has 1 heterocycles. The van der Waals surface area contributed by atoms with E-state index < -0.39 is 34.9 Å². The Balaban J connectivity index is 2.81. The predicted octanol–water partition coefficient (Wildman–Crippen LogP) is 5.19. The number of rotatable bonds is 10. The molecular weight excluding hydrogens is 539 g/mol. The number of benzene rings is 1. The summed E-state index contributed by atoms with van der Waals surface area (Å²) in [5, 5.41) is 9.76. The molecule has 2 N–H and O–H groups in total. The molecule has 228 valence electrons. The molecule has 0 saturated carbocycles. The second-order valence-electron chi connectivity index (χ2n) is 11.9. The largest absolute Gasteiger partial charge is 0.497 e. The number of aromatic nitrogens is 2. The molecule has 0 aliphatic heterocycles. The van der Waals surface area contributed by atoms with Gasteiger partial charge in [0.1, 0.15) is 22.7 Å². The first-order valence-electron chi connectivity index (χ1n) is 13.2. The van der Waals surface area contributed by atoms with Crippen molar-refractivity contribution in [3.8, 4) is 5.75 Å². The fourth-order valence-corrected chi connectivity index (χ4v) is 4.12. The molecule has 1 aromatic carbocycles.